The van der Waals surface area contributed by atoms with Gasteiger partial charge in [-0.2, -0.15) is 0 Å². The third-order valence-electron chi connectivity index (χ3n) is 3.25. The smallest absolute Gasteiger partial charge is 0.146 e. The molecule has 0 aliphatic carbocycles. The van der Waals surface area contributed by atoms with Crippen LogP contribution in [0.4, 0.5) is 4.39 Å². The number of benzene rings is 1. The van der Waals surface area contributed by atoms with E-state index in [4.69, 9.17) is 11.6 Å². The van der Waals surface area contributed by atoms with Gasteiger partial charge in [0, 0.05) is 24.0 Å². The second-order valence-electron chi connectivity index (χ2n) is 4.61. The maximum Gasteiger partial charge on any atom is 0.146 e. The molecule has 0 aromatic heterocycles. The van der Waals surface area contributed by atoms with E-state index < -0.39 is 0 Å². The number of rotatable bonds is 3. The topological polar surface area (TPSA) is 3.24 Å². The fraction of sp³-hybridized carbons (Fsp3) is 0.538. The van der Waals surface area contributed by atoms with Gasteiger partial charge in [-0.05, 0) is 31.4 Å². The average Bonchev–Trinajstić information content (AvgIpc) is 2.35. The van der Waals surface area contributed by atoms with Gasteiger partial charge in [0.15, 0.2) is 0 Å². The minimum absolute atomic E-state index is 0.219. The Hall–Kier alpha value is -0.120. The molecule has 0 bridgehead atoms. The van der Waals surface area contributed by atoms with Crippen LogP contribution in [0, 0.1) is 11.7 Å². The summed E-state index contributed by atoms with van der Waals surface area (Å²) in [6.45, 7) is 2.75. The molecule has 2 rings (SSSR count). The summed E-state index contributed by atoms with van der Waals surface area (Å²) in [5.41, 5.74) is 0.702. The average molecular weight is 321 g/mol. The number of hydrogen-bond donors (Lipinski definition) is 0. The summed E-state index contributed by atoms with van der Waals surface area (Å²) >= 11 is 9.31. The number of hydrogen-bond acceptors (Lipinski definition) is 1. The highest BCUT2D eigenvalue weighted by molar-refractivity contribution is 9.09. The van der Waals surface area contributed by atoms with Crippen molar-refractivity contribution in [1.82, 2.24) is 4.90 Å². The molecule has 94 valence electrons. The Morgan fingerprint density at radius 2 is 2.29 bits per heavy atom. The van der Waals surface area contributed by atoms with Crippen LogP contribution in [-0.4, -0.2) is 23.3 Å². The van der Waals surface area contributed by atoms with Gasteiger partial charge in [-0.1, -0.05) is 39.7 Å². The van der Waals surface area contributed by atoms with Gasteiger partial charge < -0.3 is 0 Å². The minimum atomic E-state index is -0.268. The van der Waals surface area contributed by atoms with Gasteiger partial charge >= 0.3 is 0 Å². The van der Waals surface area contributed by atoms with E-state index >= 15 is 0 Å². The molecule has 17 heavy (non-hydrogen) atoms. The molecular weight excluding hydrogens is 305 g/mol. The Morgan fingerprint density at radius 1 is 1.47 bits per heavy atom. The van der Waals surface area contributed by atoms with Gasteiger partial charge in [0.2, 0.25) is 0 Å². The van der Waals surface area contributed by atoms with Crippen molar-refractivity contribution >= 4 is 27.5 Å². The molecule has 1 nitrogen and oxygen atoms in total. The van der Waals surface area contributed by atoms with Crippen LogP contribution in [0.1, 0.15) is 18.4 Å². The van der Waals surface area contributed by atoms with Gasteiger partial charge in [0.05, 0.1) is 5.02 Å². The zero-order valence-corrected chi connectivity index (χ0v) is 12.0. The van der Waals surface area contributed by atoms with Gasteiger partial charge in [-0.15, -0.1) is 0 Å². The highest BCUT2D eigenvalue weighted by atomic mass is 79.9. The molecule has 0 radical (unpaired) electrons. The van der Waals surface area contributed by atoms with E-state index in [-0.39, 0.29) is 10.8 Å². The first-order valence-electron chi connectivity index (χ1n) is 5.92. The van der Waals surface area contributed by atoms with Crippen molar-refractivity contribution < 1.29 is 4.39 Å². The molecule has 0 amide bonds. The molecular formula is C13H16BrClFN. The van der Waals surface area contributed by atoms with Crippen molar-refractivity contribution in [3.63, 3.8) is 0 Å². The third-order valence-corrected chi connectivity index (χ3v) is 4.45. The van der Waals surface area contributed by atoms with Crippen LogP contribution in [-0.2, 0) is 6.54 Å². The lowest BCUT2D eigenvalue weighted by Crippen LogP contribution is -2.35. The molecule has 0 N–H and O–H groups in total. The predicted octanol–water partition coefficient (Wildman–Crippen LogP) is 4.09. The first-order valence-corrected chi connectivity index (χ1v) is 7.42. The maximum absolute atomic E-state index is 13.8. The largest absolute Gasteiger partial charge is 0.299 e. The van der Waals surface area contributed by atoms with Crippen LogP contribution in [0.5, 0.6) is 0 Å². The summed E-state index contributed by atoms with van der Waals surface area (Å²) in [7, 11) is 0. The molecule has 4 heteroatoms. The zero-order chi connectivity index (χ0) is 12.3. The fourth-order valence-electron chi connectivity index (χ4n) is 2.33. The molecule has 1 atom stereocenters. The van der Waals surface area contributed by atoms with Gasteiger partial charge in [-0.3, -0.25) is 4.90 Å². The molecule has 1 aliphatic heterocycles. The summed E-state index contributed by atoms with van der Waals surface area (Å²) in [6, 6.07) is 5.23. The highest BCUT2D eigenvalue weighted by Crippen LogP contribution is 2.23. The zero-order valence-electron chi connectivity index (χ0n) is 9.63. The van der Waals surface area contributed by atoms with Gasteiger partial charge in [0.1, 0.15) is 5.82 Å². The highest BCUT2D eigenvalue weighted by Gasteiger charge is 2.20. The Kier molecular flexibility index (Phi) is 4.83. The summed E-state index contributed by atoms with van der Waals surface area (Å²) in [4.78, 5) is 2.31. The summed E-state index contributed by atoms with van der Waals surface area (Å²) in [5.74, 6) is 0.418. The first-order chi connectivity index (χ1) is 8.20. The Bertz CT molecular complexity index is 386. The van der Waals surface area contributed by atoms with Crippen LogP contribution in [0.15, 0.2) is 18.2 Å². The van der Waals surface area contributed by atoms with E-state index in [2.05, 4.69) is 20.8 Å². The van der Waals surface area contributed by atoms with Crippen molar-refractivity contribution in [3.8, 4) is 0 Å². The second kappa shape index (κ2) is 6.17. The summed E-state index contributed by atoms with van der Waals surface area (Å²) in [6.07, 6.45) is 2.46. The number of halogens is 3. The lowest BCUT2D eigenvalue weighted by Gasteiger charge is -2.31. The molecule has 0 spiro atoms. The normalized spacial score (nSPS) is 21.7. The number of nitrogens with zero attached hydrogens (tertiary/aromatic N) is 1. The van der Waals surface area contributed by atoms with Crippen LogP contribution >= 0.6 is 27.5 Å². The van der Waals surface area contributed by atoms with E-state index in [9.17, 15) is 4.39 Å². The molecule has 1 aliphatic rings. The summed E-state index contributed by atoms with van der Waals surface area (Å²) < 4.78 is 13.8. The number of piperidine rings is 1. The van der Waals surface area contributed by atoms with Crippen molar-refractivity contribution in [2.24, 2.45) is 5.92 Å². The monoisotopic (exact) mass is 319 g/mol. The third kappa shape index (κ3) is 3.43. The Balaban J connectivity index is 2.02. The first kappa shape index (κ1) is 13.3. The Morgan fingerprint density at radius 3 is 3.06 bits per heavy atom. The quantitative estimate of drug-likeness (QED) is 0.758. The lowest BCUT2D eigenvalue weighted by atomic mass is 9.99. The predicted molar refractivity (Wildman–Crippen MR) is 73.2 cm³/mol. The van der Waals surface area contributed by atoms with E-state index in [1.54, 1.807) is 6.07 Å². The van der Waals surface area contributed by atoms with Crippen LogP contribution in [0.25, 0.3) is 0 Å². The molecule has 1 aromatic rings. The van der Waals surface area contributed by atoms with E-state index in [0.717, 1.165) is 18.4 Å². The second-order valence-corrected chi connectivity index (χ2v) is 5.67. The van der Waals surface area contributed by atoms with Crippen LogP contribution < -0.4 is 0 Å². The van der Waals surface area contributed by atoms with Gasteiger partial charge in [0.25, 0.3) is 0 Å². The Labute approximate surface area is 115 Å². The molecule has 1 aromatic carbocycles. The molecule has 0 saturated carbocycles. The van der Waals surface area contributed by atoms with Crippen molar-refractivity contribution in [2.75, 3.05) is 18.4 Å². The van der Waals surface area contributed by atoms with E-state index in [1.807, 2.05) is 12.1 Å². The molecule has 1 fully saturated rings. The number of likely N-dealkylation sites (tertiary alicyclic amines) is 1. The van der Waals surface area contributed by atoms with E-state index in [0.29, 0.717) is 18.0 Å². The van der Waals surface area contributed by atoms with E-state index in [1.165, 1.54) is 12.8 Å². The molecule has 1 saturated heterocycles. The molecule has 1 heterocycles. The number of alkyl halides is 1. The minimum Gasteiger partial charge on any atom is -0.299 e. The SMILES string of the molecule is Fc1c(Cl)cccc1CN1CCCC(CBr)C1. The standard InChI is InChI=1S/C13H16BrClFN/c14-7-10-3-2-6-17(8-10)9-11-4-1-5-12(15)13(11)16/h1,4-5,10H,2-3,6-9H2. The fourth-order valence-corrected chi connectivity index (χ4v) is 3.05. The van der Waals surface area contributed by atoms with Crippen LogP contribution in [0.3, 0.4) is 0 Å². The maximum atomic E-state index is 13.8. The van der Waals surface area contributed by atoms with Crippen molar-refractivity contribution in [1.29, 1.82) is 0 Å². The molecule has 1 unspecified atom stereocenters. The summed E-state index contributed by atoms with van der Waals surface area (Å²) in [5, 5.41) is 1.25. The van der Waals surface area contributed by atoms with Gasteiger partial charge in [-0.25, -0.2) is 4.39 Å². The van der Waals surface area contributed by atoms with Crippen molar-refractivity contribution in [3.05, 3.63) is 34.6 Å². The lowest BCUT2D eigenvalue weighted by molar-refractivity contribution is 0.177. The van der Waals surface area contributed by atoms with Crippen molar-refractivity contribution in [2.45, 2.75) is 19.4 Å². The van der Waals surface area contributed by atoms with Crippen LogP contribution in [0.2, 0.25) is 5.02 Å².